The topological polar surface area (TPSA) is 84.2 Å². The summed E-state index contributed by atoms with van der Waals surface area (Å²) >= 11 is 0. The van der Waals surface area contributed by atoms with Gasteiger partial charge in [0.25, 0.3) is 5.91 Å². The molecule has 20 heavy (non-hydrogen) atoms. The first-order valence-corrected chi connectivity index (χ1v) is 6.19. The van der Waals surface area contributed by atoms with Crippen LogP contribution in [0.5, 0.6) is 0 Å². The Kier molecular flexibility index (Phi) is 3.97. The lowest BCUT2D eigenvalue weighted by atomic mass is 10.2. The smallest absolute Gasteiger partial charge is 0.257 e. The second kappa shape index (κ2) is 5.68. The Labute approximate surface area is 117 Å². The van der Waals surface area contributed by atoms with Crippen molar-refractivity contribution in [3.05, 3.63) is 35.0 Å². The van der Waals surface area contributed by atoms with E-state index in [0.717, 1.165) is 5.69 Å². The van der Waals surface area contributed by atoms with Crippen LogP contribution in [-0.2, 0) is 6.54 Å². The number of amides is 1. The highest BCUT2D eigenvalue weighted by molar-refractivity contribution is 5.95. The minimum absolute atomic E-state index is 0.216. The number of carbonyl (C=O) groups excluding carboxylic acids is 1. The van der Waals surface area contributed by atoms with Gasteiger partial charge in [-0.1, -0.05) is 5.16 Å². The second-order valence-electron chi connectivity index (χ2n) is 4.62. The van der Waals surface area contributed by atoms with Crippen molar-refractivity contribution in [1.82, 2.24) is 20.4 Å². The van der Waals surface area contributed by atoms with Gasteiger partial charge in [0.15, 0.2) is 0 Å². The molecule has 0 saturated carbocycles. The number of hydrogen-bond donors (Lipinski definition) is 1. The number of aromatic nitrogens is 3. The molecule has 1 amide bonds. The van der Waals surface area contributed by atoms with Crippen molar-refractivity contribution in [1.29, 1.82) is 0 Å². The third-order valence-electron chi connectivity index (χ3n) is 2.79. The summed E-state index contributed by atoms with van der Waals surface area (Å²) in [5.74, 6) is 0.900. The van der Waals surface area contributed by atoms with E-state index in [2.05, 4.69) is 20.4 Å². The molecular weight excluding hydrogens is 258 g/mol. The molecule has 2 aromatic rings. The van der Waals surface area contributed by atoms with E-state index in [-0.39, 0.29) is 5.91 Å². The summed E-state index contributed by atoms with van der Waals surface area (Å²) in [6, 6.07) is 1.76. The van der Waals surface area contributed by atoms with E-state index in [4.69, 9.17) is 4.52 Å². The molecule has 0 aromatic carbocycles. The number of carbonyl (C=O) groups is 1. The van der Waals surface area contributed by atoms with Gasteiger partial charge in [0.05, 0.1) is 17.9 Å². The van der Waals surface area contributed by atoms with Gasteiger partial charge in [0, 0.05) is 20.3 Å². The molecule has 0 bridgehead atoms. The van der Waals surface area contributed by atoms with Crippen molar-refractivity contribution in [2.45, 2.75) is 20.4 Å². The van der Waals surface area contributed by atoms with Crippen LogP contribution in [-0.4, -0.2) is 35.1 Å². The summed E-state index contributed by atoms with van der Waals surface area (Å²) in [6.07, 6.45) is 1.67. The number of hydrogen-bond acceptors (Lipinski definition) is 6. The monoisotopic (exact) mass is 275 g/mol. The predicted molar refractivity (Wildman–Crippen MR) is 73.5 cm³/mol. The fraction of sp³-hybridized carbons (Fsp3) is 0.385. The molecule has 7 heteroatoms. The Balaban J connectivity index is 2.06. The zero-order valence-electron chi connectivity index (χ0n) is 12.0. The SMILES string of the molecule is Cc1noc(C)c1C(=O)NCc1ccnc(N(C)C)n1. The molecule has 2 rings (SSSR count). The van der Waals surface area contributed by atoms with Crippen molar-refractivity contribution in [3.63, 3.8) is 0 Å². The number of nitrogens with zero attached hydrogens (tertiary/aromatic N) is 4. The van der Waals surface area contributed by atoms with Crippen molar-refractivity contribution in [3.8, 4) is 0 Å². The zero-order valence-corrected chi connectivity index (χ0v) is 12.0. The van der Waals surface area contributed by atoms with Crippen LogP contribution in [0.15, 0.2) is 16.8 Å². The van der Waals surface area contributed by atoms with E-state index in [1.165, 1.54) is 0 Å². The van der Waals surface area contributed by atoms with E-state index >= 15 is 0 Å². The molecule has 106 valence electrons. The Hall–Kier alpha value is -2.44. The van der Waals surface area contributed by atoms with Crippen LogP contribution in [0.2, 0.25) is 0 Å². The molecule has 0 fully saturated rings. The Morgan fingerprint density at radius 3 is 2.75 bits per heavy atom. The highest BCUT2D eigenvalue weighted by atomic mass is 16.5. The third kappa shape index (κ3) is 2.93. The average Bonchev–Trinajstić information content (AvgIpc) is 2.76. The zero-order chi connectivity index (χ0) is 14.7. The molecule has 2 heterocycles. The third-order valence-corrected chi connectivity index (χ3v) is 2.79. The molecule has 0 unspecified atom stereocenters. The van der Waals surface area contributed by atoms with Crippen LogP contribution in [0, 0.1) is 13.8 Å². The maximum atomic E-state index is 12.1. The van der Waals surface area contributed by atoms with Gasteiger partial charge in [-0.25, -0.2) is 9.97 Å². The minimum atomic E-state index is -0.216. The second-order valence-corrected chi connectivity index (χ2v) is 4.62. The van der Waals surface area contributed by atoms with Crippen LogP contribution in [0.3, 0.4) is 0 Å². The van der Waals surface area contributed by atoms with Crippen molar-refractivity contribution < 1.29 is 9.32 Å². The lowest BCUT2D eigenvalue weighted by Gasteiger charge is -2.11. The van der Waals surface area contributed by atoms with Crippen LogP contribution in [0.1, 0.15) is 27.5 Å². The summed E-state index contributed by atoms with van der Waals surface area (Å²) in [5, 5.41) is 6.56. The predicted octanol–water partition coefficient (Wildman–Crippen LogP) is 1.08. The lowest BCUT2D eigenvalue weighted by Crippen LogP contribution is -2.25. The van der Waals surface area contributed by atoms with Crippen LogP contribution in [0.25, 0.3) is 0 Å². The fourth-order valence-corrected chi connectivity index (χ4v) is 1.76. The van der Waals surface area contributed by atoms with Gasteiger partial charge < -0.3 is 14.7 Å². The first-order chi connectivity index (χ1) is 9.49. The number of nitrogens with one attached hydrogen (secondary N) is 1. The molecule has 0 atom stereocenters. The Bertz CT molecular complexity index is 601. The van der Waals surface area contributed by atoms with Gasteiger partial charge >= 0.3 is 0 Å². The van der Waals surface area contributed by atoms with E-state index in [0.29, 0.717) is 29.5 Å². The minimum Gasteiger partial charge on any atom is -0.361 e. The summed E-state index contributed by atoms with van der Waals surface area (Å²) in [6.45, 7) is 3.77. The van der Waals surface area contributed by atoms with Crippen molar-refractivity contribution in [2.24, 2.45) is 0 Å². The highest BCUT2D eigenvalue weighted by Gasteiger charge is 2.17. The Morgan fingerprint density at radius 1 is 1.40 bits per heavy atom. The quantitative estimate of drug-likeness (QED) is 0.898. The van der Waals surface area contributed by atoms with Crippen LogP contribution < -0.4 is 10.2 Å². The summed E-state index contributed by atoms with van der Waals surface area (Å²) in [4.78, 5) is 22.3. The molecule has 1 N–H and O–H groups in total. The van der Waals surface area contributed by atoms with Crippen LogP contribution >= 0.6 is 0 Å². The number of aryl methyl sites for hydroxylation is 2. The maximum Gasteiger partial charge on any atom is 0.257 e. The van der Waals surface area contributed by atoms with Crippen molar-refractivity contribution in [2.75, 3.05) is 19.0 Å². The van der Waals surface area contributed by atoms with Crippen molar-refractivity contribution >= 4 is 11.9 Å². The number of anilines is 1. The van der Waals surface area contributed by atoms with Gasteiger partial charge in [-0.3, -0.25) is 4.79 Å². The van der Waals surface area contributed by atoms with Crippen LogP contribution in [0.4, 0.5) is 5.95 Å². The molecule has 0 aliphatic rings. The first kappa shape index (κ1) is 14.0. The van der Waals surface area contributed by atoms with Gasteiger partial charge in [0.2, 0.25) is 5.95 Å². The fourth-order valence-electron chi connectivity index (χ4n) is 1.76. The molecular formula is C13H17N5O2. The summed E-state index contributed by atoms with van der Waals surface area (Å²) in [5.41, 5.74) is 1.80. The molecule has 0 radical (unpaired) electrons. The largest absolute Gasteiger partial charge is 0.361 e. The normalized spacial score (nSPS) is 10.4. The maximum absolute atomic E-state index is 12.1. The van der Waals surface area contributed by atoms with E-state index in [1.54, 1.807) is 31.0 Å². The average molecular weight is 275 g/mol. The Morgan fingerprint density at radius 2 is 2.15 bits per heavy atom. The highest BCUT2D eigenvalue weighted by Crippen LogP contribution is 2.12. The molecule has 0 spiro atoms. The number of rotatable bonds is 4. The standard InChI is InChI=1S/C13H17N5O2/c1-8-11(9(2)20-17-8)12(19)15-7-10-5-6-14-13(16-10)18(3)4/h5-6H,7H2,1-4H3,(H,15,19). The summed E-state index contributed by atoms with van der Waals surface area (Å²) < 4.78 is 4.98. The summed E-state index contributed by atoms with van der Waals surface area (Å²) in [7, 11) is 3.73. The first-order valence-electron chi connectivity index (χ1n) is 6.19. The van der Waals surface area contributed by atoms with E-state index in [9.17, 15) is 4.79 Å². The molecule has 7 nitrogen and oxygen atoms in total. The van der Waals surface area contributed by atoms with Gasteiger partial charge in [-0.2, -0.15) is 0 Å². The van der Waals surface area contributed by atoms with E-state index in [1.807, 2.05) is 14.1 Å². The molecule has 0 aliphatic heterocycles. The molecule has 0 aliphatic carbocycles. The van der Waals surface area contributed by atoms with Gasteiger partial charge in [0.1, 0.15) is 11.3 Å². The van der Waals surface area contributed by atoms with Gasteiger partial charge in [-0.15, -0.1) is 0 Å². The molecule has 2 aromatic heterocycles. The molecule has 0 saturated heterocycles. The van der Waals surface area contributed by atoms with E-state index < -0.39 is 0 Å². The van der Waals surface area contributed by atoms with Gasteiger partial charge in [-0.05, 0) is 19.9 Å². The lowest BCUT2D eigenvalue weighted by molar-refractivity contribution is 0.0948.